The molecule has 0 fully saturated rings. The Morgan fingerprint density at radius 1 is 0.730 bits per heavy atom. The summed E-state index contributed by atoms with van der Waals surface area (Å²) in [7, 11) is -1.96. The van der Waals surface area contributed by atoms with Crippen molar-refractivity contribution >= 4 is 44.1 Å². The maximum atomic E-state index is 12.5. The third kappa shape index (κ3) is 10.8. The number of rotatable bonds is 13. The molecule has 3 N–H and O–H groups in total. The summed E-state index contributed by atoms with van der Waals surface area (Å²) in [5.74, 6) is 1.09. The van der Waals surface area contributed by atoms with Gasteiger partial charge in [-0.05, 0) is 113 Å². The van der Waals surface area contributed by atoms with E-state index in [-0.39, 0.29) is 36.7 Å². The number of benzene rings is 4. The Morgan fingerprint density at radius 2 is 1.22 bits per heavy atom. The molecule has 2 heterocycles. The van der Waals surface area contributed by atoms with E-state index >= 15 is 0 Å². The molecule has 63 heavy (non-hydrogen) atoms. The van der Waals surface area contributed by atoms with Gasteiger partial charge in [0, 0.05) is 41.4 Å². The van der Waals surface area contributed by atoms with Gasteiger partial charge in [0.2, 0.25) is 21.4 Å². The molecule has 16 heteroatoms. The van der Waals surface area contributed by atoms with Gasteiger partial charge in [-0.1, -0.05) is 71.2 Å². The zero-order valence-corrected chi connectivity index (χ0v) is 38.4. The van der Waals surface area contributed by atoms with Crippen LogP contribution in [0.4, 0.5) is 11.4 Å². The fourth-order valence-corrected chi connectivity index (χ4v) is 10.8. The van der Waals surface area contributed by atoms with Gasteiger partial charge in [-0.3, -0.25) is 0 Å². The molecule has 0 spiro atoms. The number of fused-ring (bicyclic) bond motifs is 2. The fraction of sp³-hybridized carbons (Fsp3) is 0.362. The van der Waals surface area contributed by atoms with E-state index in [1.807, 2.05) is 70.2 Å². The Kier molecular flexibility index (Phi) is 14.6. The van der Waals surface area contributed by atoms with Crippen molar-refractivity contribution in [2.45, 2.75) is 90.5 Å². The average Bonchev–Trinajstić information content (AvgIpc) is 3.97. The van der Waals surface area contributed by atoms with Gasteiger partial charge in [0.1, 0.15) is 31.5 Å². The molecule has 326 valence electrons. The van der Waals surface area contributed by atoms with Crippen molar-refractivity contribution in [1.29, 1.82) is 0 Å². The van der Waals surface area contributed by atoms with Crippen molar-refractivity contribution < 1.29 is 22.6 Å². The summed E-state index contributed by atoms with van der Waals surface area (Å²) in [5, 5.41) is 20.8. The van der Waals surface area contributed by atoms with Crippen molar-refractivity contribution in [3.8, 4) is 53.8 Å². The molecule has 0 unspecified atom stereocenters. The van der Waals surface area contributed by atoms with Crippen LogP contribution < -0.4 is 19.9 Å². The van der Waals surface area contributed by atoms with E-state index in [2.05, 4.69) is 53.0 Å². The van der Waals surface area contributed by atoms with Crippen molar-refractivity contribution in [2.75, 3.05) is 19.5 Å². The van der Waals surface area contributed by atoms with Gasteiger partial charge >= 0.3 is 0 Å². The summed E-state index contributed by atoms with van der Waals surface area (Å²) in [6.45, 7) is 22.9. The minimum absolute atomic E-state index is 0.0213. The molecule has 2 aliphatic rings. The highest BCUT2D eigenvalue weighted by Gasteiger charge is 2.28. The maximum Gasteiger partial charge on any atom is 0.228 e. The second-order valence-electron chi connectivity index (χ2n) is 15.9. The van der Waals surface area contributed by atoms with Crippen LogP contribution in [0, 0.1) is 13.1 Å². The molecule has 2 aliphatic carbocycles. The Morgan fingerprint density at radius 3 is 1.73 bits per heavy atom. The molecular formula is C47H50N8O5S3. The number of aromatic nitrogens is 4. The first-order chi connectivity index (χ1) is 30.4. The summed E-state index contributed by atoms with van der Waals surface area (Å²) in [6, 6.07) is 23.1. The van der Waals surface area contributed by atoms with Gasteiger partial charge in [-0.2, -0.15) is 0 Å². The minimum atomic E-state index is -3.45. The second kappa shape index (κ2) is 20.3. The minimum Gasteiger partial charge on any atom is -0.502 e. The normalized spacial score (nSPS) is 15.7. The number of methoxy groups -OCH3 is 1. The number of hydrogen-bond donors (Lipinski definition) is 2. The first-order valence-electron chi connectivity index (χ1n) is 20.9. The van der Waals surface area contributed by atoms with Crippen molar-refractivity contribution in [2.24, 2.45) is 5.73 Å². The summed E-state index contributed by atoms with van der Waals surface area (Å²) >= 11 is 3.00. The molecule has 2 aromatic heterocycles. The van der Waals surface area contributed by atoms with Gasteiger partial charge in [-0.15, -0.1) is 20.4 Å². The predicted octanol–water partition coefficient (Wildman–Crippen LogP) is 10.7. The summed E-state index contributed by atoms with van der Waals surface area (Å²) in [6.07, 6.45) is 5.62. The highest BCUT2D eigenvalue weighted by Crippen LogP contribution is 2.42. The first-order valence-corrected chi connectivity index (χ1v) is 24.2. The van der Waals surface area contributed by atoms with Crippen molar-refractivity contribution in [3.63, 3.8) is 0 Å². The zero-order chi connectivity index (χ0) is 44.7. The quantitative estimate of drug-likeness (QED) is 0.107. The van der Waals surface area contributed by atoms with E-state index in [4.69, 9.17) is 33.1 Å². The second-order valence-corrected chi connectivity index (χ2v) is 19.7. The van der Waals surface area contributed by atoms with Gasteiger partial charge in [0.25, 0.3) is 0 Å². The number of ether oxygens (including phenoxy) is 3. The zero-order valence-electron chi connectivity index (χ0n) is 35.9. The summed E-state index contributed by atoms with van der Waals surface area (Å²) < 4.78 is 44.2. The van der Waals surface area contributed by atoms with Crippen LogP contribution in [-0.2, 0) is 27.6 Å². The highest BCUT2D eigenvalue weighted by molar-refractivity contribution is 7.89. The van der Waals surface area contributed by atoms with Gasteiger partial charge in [0.15, 0.2) is 0 Å². The van der Waals surface area contributed by atoms with E-state index in [0.717, 1.165) is 86.9 Å². The smallest absolute Gasteiger partial charge is 0.228 e. The first kappa shape index (κ1) is 45.4. The Hall–Kier alpha value is -5.59. The van der Waals surface area contributed by atoms with Gasteiger partial charge in [0.05, 0.1) is 37.7 Å². The number of sulfonamides is 1. The van der Waals surface area contributed by atoms with Crippen LogP contribution in [0.1, 0.15) is 87.7 Å². The molecule has 0 bridgehead atoms. The Balaban J connectivity index is 0.000000193. The van der Waals surface area contributed by atoms with E-state index < -0.39 is 10.0 Å². The van der Waals surface area contributed by atoms with E-state index in [9.17, 15) is 8.42 Å². The van der Waals surface area contributed by atoms with E-state index in [1.165, 1.54) is 29.6 Å². The Bertz CT molecular complexity index is 2770. The molecule has 0 saturated heterocycles. The van der Waals surface area contributed by atoms with E-state index in [1.54, 1.807) is 23.5 Å². The molecule has 2 atom stereocenters. The van der Waals surface area contributed by atoms with Gasteiger partial charge < -0.3 is 19.9 Å². The lowest BCUT2D eigenvalue weighted by atomic mass is 9.85. The molecule has 8 rings (SSSR count). The number of hydrogen-bond acceptors (Lipinski definition) is 12. The number of nitrogens with one attached hydrogen (secondary N) is 1. The topological polar surface area (TPSA) is 160 Å². The fourth-order valence-electron chi connectivity index (χ4n) is 7.81. The van der Waals surface area contributed by atoms with Crippen LogP contribution >= 0.6 is 22.7 Å². The maximum absolute atomic E-state index is 12.5. The van der Waals surface area contributed by atoms with Gasteiger partial charge in [-0.25, -0.2) is 22.8 Å². The third-order valence-corrected chi connectivity index (χ3v) is 14.0. The van der Waals surface area contributed by atoms with Crippen LogP contribution in [-0.4, -0.2) is 60.5 Å². The number of nitrogens with zero attached hydrogens (tertiary/aromatic N) is 6. The van der Waals surface area contributed by atoms with Crippen molar-refractivity contribution in [1.82, 2.24) is 25.1 Å². The lowest BCUT2D eigenvalue weighted by Gasteiger charge is -2.27. The lowest BCUT2D eigenvalue weighted by molar-refractivity contribution is 0.216. The third-order valence-electron chi connectivity index (χ3n) is 10.6. The molecule has 13 nitrogen and oxygen atoms in total. The average molecular weight is 903 g/mol. The monoisotopic (exact) mass is 902 g/mol. The Labute approximate surface area is 377 Å². The van der Waals surface area contributed by atoms with Crippen LogP contribution in [0.3, 0.4) is 0 Å². The molecule has 4 aromatic carbocycles. The highest BCUT2D eigenvalue weighted by atomic mass is 32.2. The van der Waals surface area contributed by atoms with E-state index in [0.29, 0.717) is 27.9 Å². The molecule has 0 amide bonds. The predicted molar refractivity (Wildman–Crippen MR) is 250 cm³/mol. The molecular weight excluding hydrogens is 853 g/mol. The summed E-state index contributed by atoms with van der Waals surface area (Å²) in [5.41, 5.74) is 15.6. The summed E-state index contributed by atoms with van der Waals surface area (Å²) in [4.78, 5) is 7.21. The van der Waals surface area contributed by atoms with Crippen molar-refractivity contribution in [3.05, 3.63) is 118 Å². The molecule has 0 saturated carbocycles. The lowest BCUT2D eigenvalue weighted by Crippen LogP contribution is -2.34. The largest absolute Gasteiger partial charge is 0.502 e. The molecule has 6 aromatic rings. The SMILES string of the molecule is [C-]#[N+]c1cc(-c2nnc(-c3cccc4c3CCC[C@H]4N)s2)ccc1OC(C)C.[C-]#[N+]c1cc(-c2nnc(-c3cccc4c3CCC[C@H]4NS(=O)(=O)CCOC)s2)ccc1OC(C)C. The van der Waals surface area contributed by atoms with Crippen LogP contribution in [0.5, 0.6) is 11.5 Å². The van der Waals surface area contributed by atoms with Crippen LogP contribution in [0.15, 0.2) is 72.8 Å². The van der Waals surface area contributed by atoms with Crippen LogP contribution in [0.2, 0.25) is 0 Å². The number of nitrogens with two attached hydrogens (primary N) is 1. The molecule has 0 radical (unpaired) electrons. The van der Waals surface area contributed by atoms with Crippen LogP contribution in [0.25, 0.3) is 52.0 Å². The molecule has 0 aliphatic heterocycles. The standard InChI is InChI=1S/C25H28N4O4S2.C22H22N4OS/c1-16(2)33-23-12-11-17(15-22(23)26-3)24-27-28-25(34-24)20-9-5-8-19-18(20)7-6-10-21(19)29-35(30,31)14-13-32-4;1-13(2)27-20-11-10-14(12-19(20)24-3)21-25-26-22(28-21)17-8-4-7-16-15(17)6-5-9-18(16)23/h5,8-9,11-12,15-16,21,29H,6-7,10,13-14H2,1-2,4H3;4,7-8,10-13,18H,5-6,9,23H2,1-2H3/t21-;18-/m11/s1.